The van der Waals surface area contributed by atoms with E-state index in [0.717, 1.165) is 41.9 Å². The number of carbonyl (C=O) groups is 1. The molecule has 1 fully saturated rings. The van der Waals surface area contributed by atoms with Crippen LogP contribution in [0.15, 0.2) is 65.2 Å². The van der Waals surface area contributed by atoms with Crippen LogP contribution >= 0.6 is 0 Å². The molecule has 0 amide bonds. The Morgan fingerprint density at radius 1 is 1.15 bits per heavy atom. The normalized spacial score (nSPS) is 15.7. The van der Waals surface area contributed by atoms with Crippen molar-refractivity contribution in [1.82, 2.24) is 9.88 Å². The average Bonchev–Trinajstić information content (AvgIpc) is 3.51. The van der Waals surface area contributed by atoms with E-state index >= 15 is 0 Å². The molecule has 0 saturated carbocycles. The van der Waals surface area contributed by atoms with Gasteiger partial charge in [-0.1, -0.05) is 18.2 Å². The highest BCUT2D eigenvalue weighted by molar-refractivity contribution is 5.93. The molecule has 1 N–H and O–H groups in total. The van der Waals surface area contributed by atoms with Gasteiger partial charge in [-0.15, -0.1) is 0 Å². The topological polar surface area (TPSA) is 93.6 Å². The molecule has 2 aromatic carbocycles. The first-order valence-corrected chi connectivity index (χ1v) is 11.1. The minimum absolute atomic E-state index is 0.220. The predicted octanol–water partition coefficient (Wildman–Crippen LogP) is 4.87. The van der Waals surface area contributed by atoms with Crippen LogP contribution in [0.4, 0.5) is 5.69 Å². The molecular formula is C27H24N4O3. The lowest BCUT2D eigenvalue weighted by molar-refractivity contribution is 0.0697. The second kappa shape index (κ2) is 8.65. The molecule has 0 spiro atoms. The quantitative estimate of drug-likeness (QED) is 0.462. The summed E-state index contributed by atoms with van der Waals surface area (Å²) in [6.45, 7) is 1.83. The molecule has 1 aliphatic rings. The van der Waals surface area contributed by atoms with Crippen LogP contribution in [0.1, 0.15) is 22.3 Å². The number of pyridine rings is 1. The van der Waals surface area contributed by atoms with E-state index in [0.29, 0.717) is 28.5 Å². The minimum Gasteiger partial charge on any atom is -0.478 e. The third-order valence-corrected chi connectivity index (χ3v) is 6.49. The van der Waals surface area contributed by atoms with Crippen LogP contribution in [-0.4, -0.2) is 54.2 Å². The number of nitrogens with zero attached hydrogens (tertiary/aromatic N) is 4. The number of benzene rings is 2. The molecule has 2 aromatic heterocycles. The Morgan fingerprint density at radius 2 is 1.91 bits per heavy atom. The van der Waals surface area contributed by atoms with E-state index in [9.17, 15) is 10.1 Å². The number of aromatic nitrogens is 1. The Morgan fingerprint density at radius 3 is 2.59 bits per heavy atom. The summed E-state index contributed by atoms with van der Waals surface area (Å²) in [6, 6.07) is 19.1. The first-order valence-electron chi connectivity index (χ1n) is 11.1. The fraction of sp³-hybridized carbons (Fsp3) is 0.222. The maximum absolute atomic E-state index is 11.1. The van der Waals surface area contributed by atoms with Gasteiger partial charge in [-0.25, -0.2) is 4.79 Å². The summed E-state index contributed by atoms with van der Waals surface area (Å²) in [7, 11) is 4.19. The number of hydrogen-bond acceptors (Lipinski definition) is 6. The summed E-state index contributed by atoms with van der Waals surface area (Å²) in [4.78, 5) is 20.1. The van der Waals surface area contributed by atoms with Crippen LogP contribution in [0, 0.1) is 11.3 Å². The number of nitriles is 1. The number of hydrogen-bond donors (Lipinski definition) is 1. The van der Waals surface area contributed by atoms with Crippen LogP contribution in [0.5, 0.6) is 0 Å². The molecule has 1 unspecified atom stereocenters. The zero-order valence-electron chi connectivity index (χ0n) is 19.0. The van der Waals surface area contributed by atoms with Crippen molar-refractivity contribution in [2.24, 2.45) is 0 Å². The number of anilines is 1. The van der Waals surface area contributed by atoms with Gasteiger partial charge in [-0.05, 0) is 56.4 Å². The smallest absolute Gasteiger partial charge is 0.335 e. The Balaban J connectivity index is 1.51. The van der Waals surface area contributed by atoms with Gasteiger partial charge < -0.3 is 19.3 Å². The maximum Gasteiger partial charge on any atom is 0.335 e. The van der Waals surface area contributed by atoms with Crippen molar-refractivity contribution in [3.8, 4) is 28.5 Å². The number of carboxylic acid groups (broad SMARTS) is 1. The second-order valence-corrected chi connectivity index (χ2v) is 8.76. The third-order valence-electron chi connectivity index (χ3n) is 6.49. The number of likely N-dealkylation sites (N-methyl/N-ethyl adjacent to an activating group) is 1. The zero-order valence-corrected chi connectivity index (χ0v) is 19.0. The lowest BCUT2D eigenvalue weighted by atomic mass is 10.0. The van der Waals surface area contributed by atoms with Crippen molar-refractivity contribution in [3.63, 3.8) is 0 Å². The van der Waals surface area contributed by atoms with Gasteiger partial charge in [-0.3, -0.25) is 4.98 Å². The monoisotopic (exact) mass is 452 g/mol. The average molecular weight is 453 g/mol. The largest absolute Gasteiger partial charge is 0.478 e. The summed E-state index contributed by atoms with van der Waals surface area (Å²) in [5.41, 5.74) is 5.66. The van der Waals surface area contributed by atoms with Crippen LogP contribution < -0.4 is 4.90 Å². The molecule has 7 heteroatoms. The molecule has 0 radical (unpaired) electrons. The number of fused-ring (bicyclic) bond motifs is 1. The van der Waals surface area contributed by atoms with Crippen molar-refractivity contribution in [2.75, 3.05) is 32.1 Å². The highest BCUT2D eigenvalue weighted by atomic mass is 16.4. The van der Waals surface area contributed by atoms with Gasteiger partial charge in [-0.2, -0.15) is 5.26 Å². The molecule has 3 heterocycles. The Labute approximate surface area is 197 Å². The highest BCUT2D eigenvalue weighted by Gasteiger charge is 2.26. The van der Waals surface area contributed by atoms with Crippen molar-refractivity contribution < 1.29 is 14.3 Å². The first-order chi connectivity index (χ1) is 16.4. The highest BCUT2D eigenvalue weighted by Crippen LogP contribution is 2.36. The van der Waals surface area contributed by atoms with E-state index in [-0.39, 0.29) is 5.56 Å². The van der Waals surface area contributed by atoms with E-state index in [1.165, 1.54) is 0 Å². The molecule has 0 bridgehead atoms. The van der Waals surface area contributed by atoms with E-state index in [2.05, 4.69) is 34.9 Å². The number of carboxylic acids is 1. The van der Waals surface area contributed by atoms with Gasteiger partial charge in [0.1, 0.15) is 17.3 Å². The zero-order chi connectivity index (χ0) is 23.8. The van der Waals surface area contributed by atoms with Crippen molar-refractivity contribution in [2.45, 2.75) is 12.5 Å². The van der Waals surface area contributed by atoms with Gasteiger partial charge >= 0.3 is 5.97 Å². The summed E-state index contributed by atoms with van der Waals surface area (Å²) in [6.07, 6.45) is 2.81. The van der Waals surface area contributed by atoms with Crippen LogP contribution in [0.3, 0.4) is 0 Å². The van der Waals surface area contributed by atoms with Crippen LogP contribution in [-0.2, 0) is 0 Å². The van der Waals surface area contributed by atoms with Crippen LogP contribution in [0.25, 0.3) is 33.6 Å². The van der Waals surface area contributed by atoms with Gasteiger partial charge in [0.25, 0.3) is 0 Å². The number of aromatic carboxylic acids is 1. The Kier molecular flexibility index (Phi) is 5.52. The lowest BCUT2D eigenvalue weighted by Gasteiger charge is -2.23. The van der Waals surface area contributed by atoms with E-state index in [1.54, 1.807) is 30.5 Å². The molecule has 5 rings (SSSR count). The number of rotatable bonds is 5. The fourth-order valence-electron chi connectivity index (χ4n) is 4.54. The molecule has 0 aliphatic carbocycles. The van der Waals surface area contributed by atoms with Crippen molar-refractivity contribution in [1.29, 1.82) is 5.26 Å². The Hall–Kier alpha value is -4.15. The molecule has 7 nitrogen and oxygen atoms in total. The molecule has 4 aromatic rings. The van der Waals surface area contributed by atoms with E-state index < -0.39 is 5.97 Å². The SMILES string of the molecule is CN(C)C1CCN(c2ccc(-c3ccnc4cc(-c5ccc(C(=O)O)cc5)oc34)cc2C#N)C1. The van der Waals surface area contributed by atoms with E-state index in [4.69, 9.17) is 9.52 Å². The lowest BCUT2D eigenvalue weighted by Crippen LogP contribution is -2.31. The maximum atomic E-state index is 11.1. The van der Waals surface area contributed by atoms with Gasteiger partial charge in [0, 0.05) is 42.5 Å². The summed E-state index contributed by atoms with van der Waals surface area (Å²) >= 11 is 0. The minimum atomic E-state index is -0.969. The fourth-order valence-corrected chi connectivity index (χ4v) is 4.54. The predicted molar refractivity (Wildman–Crippen MR) is 131 cm³/mol. The van der Waals surface area contributed by atoms with Crippen molar-refractivity contribution in [3.05, 3.63) is 71.9 Å². The van der Waals surface area contributed by atoms with Crippen LogP contribution in [0.2, 0.25) is 0 Å². The standard InChI is InChI=1S/C27H24N4O3/c1-30(2)21-10-12-31(16-21)24-8-7-19(13-20(24)15-28)22-9-11-29-23-14-25(34-26(22)23)17-3-5-18(6-4-17)27(32)33/h3-9,11,13-14,21H,10,12,16H2,1-2H3,(H,32,33). The first kappa shape index (κ1) is 21.7. The molecule has 1 aliphatic heterocycles. The van der Waals surface area contributed by atoms with Gasteiger partial charge in [0.15, 0.2) is 5.58 Å². The van der Waals surface area contributed by atoms with Gasteiger partial charge in [0.05, 0.1) is 16.8 Å². The second-order valence-electron chi connectivity index (χ2n) is 8.76. The summed E-state index contributed by atoms with van der Waals surface area (Å²) in [5.74, 6) is -0.362. The summed E-state index contributed by atoms with van der Waals surface area (Å²) in [5, 5.41) is 19.0. The Bertz CT molecular complexity index is 1420. The molecule has 34 heavy (non-hydrogen) atoms. The van der Waals surface area contributed by atoms with Crippen molar-refractivity contribution >= 4 is 22.8 Å². The molecule has 1 saturated heterocycles. The molecular weight excluding hydrogens is 428 g/mol. The molecule has 170 valence electrons. The number of furan rings is 1. The van der Waals surface area contributed by atoms with E-state index in [1.807, 2.05) is 30.3 Å². The summed E-state index contributed by atoms with van der Waals surface area (Å²) < 4.78 is 6.18. The molecule has 1 atom stereocenters. The van der Waals surface area contributed by atoms with Gasteiger partial charge in [0.2, 0.25) is 0 Å². The third kappa shape index (κ3) is 3.89.